The van der Waals surface area contributed by atoms with Gasteiger partial charge in [0.25, 0.3) is 0 Å². The fourth-order valence-corrected chi connectivity index (χ4v) is 5.46. The highest BCUT2D eigenvalue weighted by atomic mass is 32.2. The van der Waals surface area contributed by atoms with Crippen LogP contribution in [0.15, 0.2) is 71.6 Å². The number of fused-ring (bicyclic) bond motifs is 2. The van der Waals surface area contributed by atoms with Crippen LogP contribution >= 0.6 is 11.8 Å². The van der Waals surface area contributed by atoms with Gasteiger partial charge in [0.1, 0.15) is 6.04 Å². The highest BCUT2D eigenvalue weighted by Gasteiger charge is 2.25. The molecule has 1 heterocycles. The first-order chi connectivity index (χ1) is 18.0. The van der Waals surface area contributed by atoms with Crippen molar-refractivity contribution in [1.82, 2.24) is 10.6 Å². The summed E-state index contributed by atoms with van der Waals surface area (Å²) in [5.74, 6) is 0.253. The van der Waals surface area contributed by atoms with Crippen LogP contribution in [0.5, 0.6) is 0 Å². The molecule has 7 nitrogen and oxygen atoms in total. The summed E-state index contributed by atoms with van der Waals surface area (Å²) in [5, 5.41) is 8.08. The van der Waals surface area contributed by atoms with E-state index in [4.69, 9.17) is 5.73 Å². The quantitative estimate of drug-likeness (QED) is 0.336. The molecular weight excluding hydrogens is 484 g/mol. The van der Waals surface area contributed by atoms with Gasteiger partial charge in [0, 0.05) is 43.0 Å². The van der Waals surface area contributed by atoms with E-state index in [1.165, 1.54) is 0 Å². The monoisotopic (exact) mass is 518 g/mol. The van der Waals surface area contributed by atoms with Crippen molar-refractivity contribution in [1.29, 1.82) is 0 Å². The molecule has 0 fully saturated rings. The van der Waals surface area contributed by atoms with E-state index < -0.39 is 6.04 Å². The number of carbonyl (C=O) groups excluding carboxylic acids is 3. The fraction of sp³-hybridized carbons (Fsp3) is 0.345. The third-order valence-corrected chi connectivity index (χ3v) is 7.49. The standard InChI is InChI=1S/C29H34N4O3S/c30-15-5-6-16-31-29(36)24(20-21-11-12-22-7-1-2-8-23(22)19-21)32-27(34)13-17-33-25-9-3-4-10-26(25)37-18-14-28(33)35/h1-4,7-12,19,24H,5-6,13-18,20,30H2,(H,31,36)(H,32,34)/t24-/m1/s1. The highest BCUT2D eigenvalue weighted by Crippen LogP contribution is 2.34. The molecule has 4 N–H and O–H groups in total. The van der Waals surface area contributed by atoms with Gasteiger partial charge in [0.2, 0.25) is 17.7 Å². The van der Waals surface area contributed by atoms with Crippen LogP contribution in [0.2, 0.25) is 0 Å². The van der Waals surface area contributed by atoms with Crippen LogP contribution in [0.25, 0.3) is 10.8 Å². The van der Waals surface area contributed by atoms with Gasteiger partial charge in [0.15, 0.2) is 0 Å². The lowest BCUT2D eigenvalue weighted by molar-refractivity contribution is -0.129. The van der Waals surface area contributed by atoms with Gasteiger partial charge in [-0.25, -0.2) is 0 Å². The smallest absolute Gasteiger partial charge is 0.242 e. The van der Waals surface area contributed by atoms with Crippen LogP contribution in [-0.4, -0.2) is 49.2 Å². The van der Waals surface area contributed by atoms with E-state index in [0.29, 0.717) is 25.9 Å². The molecule has 1 atom stereocenters. The number of hydrogen-bond acceptors (Lipinski definition) is 5. The number of thioether (sulfide) groups is 1. The Labute approximate surface area is 222 Å². The van der Waals surface area contributed by atoms with E-state index in [-0.39, 0.29) is 30.7 Å². The maximum Gasteiger partial charge on any atom is 0.242 e. The number of hydrogen-bond donors (Lipinski definition) is 3. The third-order valence-electron chi connectivity index (χ3n) is 6.43. The number of anilines is 1. The number of para-hydroxylation sites is 1. The predicted octanol–water partition coefficient (Wildman–Crippen LogP) is 3.64. The van der Waals surface area contributed by atoms with E-state index in [2.05, 4.69) is 16.7 Å². The van der Waals surface area contributed by atoms with Crippen molar-refractivity contribution in [3.63, 3.8) is 0 Å². The zero-order chi connectivity index (χ0) is 26.0. The number of amides is 3. The summed E-state index contributed by atoms with van der Waals surface area (Å²) < 4.78 is 0. The second-order valence-corrected chi connectivity index (χ2v) is 10.3. The first-order valence-electron chi connectivity index (χ1n) is 12.8. The predicted molar refractivity (Wildman–Crippen MR) is 150 cm³/mol. The van der Waals surface area contributed by atoms with Crippen molar-refractivity contribution in [2.75, 3.05) is 30.3 Å². The lowest BCUT2D eigenvalue weighted by atomic mass is 10.0. The molecule has 0 aliphatic carbocycles. The Balaban J connectivity index is 1.43. The second kappa shape index (κ2) is 13.3. The van der Waals surface area contributed by atoms with E-state index in [1.807, 2.05) is 60.7 Å². The molecule has 0 saturated heterocycles. The zero-order valence-electron chi connectivity index (χ0n) is 20.9. The van der Waals surface area contributed by atoms with Crippen LogP contribution in [-0.2, 0) is 20.8 Å². The number of benzene rings is 3. The van der Waals surface area contributed by atoms with Gasteiger partial charge in [-0.1, -0.05) is 54.6 Å². The summed E-state index contributed by atoms with van der Waals surface area (Å²) in [6, 6.07) is 21.2. The molecule has 0 saturated carbocycles. The summed E-state index contributed by atoms with van der Waals surface area (Å²) in [7, 11) is 0. The SMILES string of the molecule is NCCCCNC(=O)[C@@H](Cc1ccc2ccccc2c1)NC(=O)CCN1C(=O)CCSc2ccccc21. The second-order valence-electron chi connectivity index (χ2n) is 9.15. The molecule has 0 aromatic heterocycles. The number of unbranched alkanes of at least 4 members (excludes halogenated alkanes) is 1. The molecule has 3 aromatic carbocycles. The Kier molecular flexibility index (Phi) is 9.57. The Morgan fingerprint density at radius 3 is 2.62 bits per heavy atom. The van der Waals surface area contributed by atoms with Crippen LogP contribution in [0.3, 0.4) is 0 Å². The average Bonchev–Trinajstić information content (AvgIpc) is 3.07. The number of nitrogens with zero attached hydrogens (tertiary/aromatic N) is 1. The van der Waals surface area contributed by atoms with Gasteiger partial charge in [-0.15, -0.1) is 11.8 Å². The number of nitrogens with one attached hydrogen (secondary N) is 2. The molecule has 37 heavy (non-hydrogen) atoms. The topological polar surface area (TPSA) is 105 Å². The fourth-order valence-electron chi connectivity index (χ4n) is 4.46. The summed E-state index contributed by atoms with van der Waals surface area (Å²) in [4.78, 5) is 41.6. The summed E-state index contributed by atoms with van der Waals surface area (Å²) in [6.45, 7) is 1.35. The normalized spacial score (nSPS) is 14.1. The molecule has 3 amide bonds. The van der Waals surface area contributed by atoms with E-state index in [9.17, 15) is 14.4 Å². The first-order valence-corrected chi connectivity index (χ1v) is 13.8. The molecule has 0 radical (unpaired) electrons. The molecule has 0 bridgehead atoms. The van der Waals surface area contributed by atoms with Gasteiger partial charge in [0.05, 0.1) is 5.69 Å². The number of nitrogens with two attached hydrogens (primary N) is 1. The lowest BCUT2D eigenvalue weighted by Crippen LogP contribution is -2.49. The lowest BCUT2D eigenvalue weighted by Gasteiger charge is -2.23. The maximum absolute atomic E-state index is 13.1. The van der Waals surface area contributed by atoms with Gasteiger partial charge < -0.3 is 21.3 Å². The van der Waals surface area contributed by atoms with Crippen molar-refractivity contribution in [2.45, 2.75) is 43.0 Å². The van der Waals surface area contributed by atoms with E-state index in [0.717, 1.165) is 45.5 Å². The summed E-state index contributed by atoms with van der Waals surface area (Å²) in [6.07, 6.45) is 2.52. The summed E-state index contributed by atoms with van der Waals surface area (Å²) >= 11 is 1.65. The van der Waals surface area contributed by atoms with E-state index in [1.54, 1.807) is 16.7 Å². The van der Waals surface area contributed by atoms with Crippen molar-refractivity contribution >= 4 is 45.9 Å². The minimum absolute atomic E-state index is 0.00982. The van der Waals surface area contributed by atoms with Crippen molar-refractivity contribution in [2.24, 2.45) is 5.73 Å². The Bertz CT molecular complexity index is 1250. The molecule has 1 aliphatic heterocycles. The van der Waals surface area contributed by atoms with Crippen LogP contribution in [0.1, 0.15) is 31.2 Å². The van der Waals surface area contributed by atoms with Gasteiger partial charge in [-0.3, -0.25) is 14.4 Å². The maximum atomic E-state index is 13.1. The minimum Gasteiger partial charge on any atom is -0.354 e. The van der Waals surface area contributed by atoms with E-state index >= 15 is 0 Å². The first kappa shape index (κ1) is 26.7. The molecular formula is C29H34N4O3S. The van der Waals surface area contributed by atoms with Crippen molar-refractivity contribution in [3.8, 4) is 0 Å². The molecule has 4 rings (SSSR count). The third kappa shape index (κ3) is 7.33. The number of rotatable bonds is 11. The zero-order valence-corrected chi connectivity index (χ0v) is 21.8. The average molecular weight is 519 g/mol. The molecule has 1 aliphatic rings. The van der Waals surface area contributed by atoms with Crippen LogP contribution < -0.4 is 21.3 Å². The molecule has 8 heteroatoms. The van der Waals surface area contributed by atoms with Crippen molar-refractivity contribution < 1.29 is 14.4 Å². The largest absolute Gasteiger partial charge is 0.354 e. The Morgan fingerprint density at radius 1 is 1.00 bits per heavy atom. The Hall–Kier alpha value is -3.36. The van der Waals surface area contributed by atoms with Crippen molar-refractivity contribution in [3.05, 3.63) is 72.3 Å². The van der Waals surface area contributed by atoms with Gasteiger partial charge in [-0.05, 0) is 47.9 Å². The van der Waals surface area contributed by atoms with Gasteiger partial charge in [-0.2, -0.15) is 0 Å². The van der Waals surface area contributed by atoms with Crippen LogP contribution in [0.4, 0.5) is 5.69 Å². The molecule has 194 valence electrons. The van der Waals surface area contributed by atoms with Crippen LogP contribution in [0, 0.1) is 0 Å². The molecule has 3 aromatic rings. The minimum atomic E-state index is -0.714. The molecule has 0 unspecified atom stereocenters. The molecule has 0 spiro atoms. The summed E-state index contributed by atoms with van der Waals surface area (Å²) in [5.41, 5.74) is 7.37. The Morgan fingerprint density at radius 2 is 1.78 bits per heavy atom. The number of carbonyl (C=O) groups is 3. The van der Waals surface area contributed by atoms with Gasteiger partial charge >= 0.3 is 0 Å². The highest BCUT2D eigenvalue weighted by molar-refractivity contribution is 7.99.